The lowest BCUT2D eigenvalue weighted by atomic mass is 10.2. The summed E-state index contributed by atoms with van der Waals surface area (Å²) < 4.78 is 4.52. The van der Waals surface area contributed by atoms with Crippen molar-refractivity contribution in [3.05, 3.63) is 18.2 Å². The molecule has 0 saturated carbocycles. The van der Waals surface area contributed by atoms with Gasteiger partial charge in [-0.2, -0.15) is 0 Å². The van der Waals surface area contributed by atoms with Gasteiger partial charge in [-0.15, -0.1) is 0 Å². The van der Waals surface area contributed by atoms with Gasteiger partial charge in [0.15, 0.2) is 23.8 Å². The van der Waals surface area contributed by atoms with Crippen LogP contribution in [0.25, 0.3) is 0 Å². The Balaban J connectivity index is 2.73. The van der Waals surface area contributed by atoms with Crippen LogP contribution in [0.1, 0.15) is 18.9 Å². The molecule has 1 aromatic heterocycles. The van der Waals surface area contributed by atoms with E-state index in [4.69, 9.17) is 5.11 Å². The van der Waals surface area contributed by atoms with Gasteiger partial charge in [0.05, 0.1) is 19.0 Å². The predicted molar refractivity (Wildman–Crippen MR) is 51.3 cm³/mol. The zero-order valence-electron chi connectivity index (χ0n) is 8.57. The number of hydrogen-bond acceptors (Lipinski definition) is 7. The third-order valence-corrected chi connectivity index (χ3v) is 1.75. The minimum Gasteiger partial charge on any atom is -0.505 e. The molecular weight excluding hydrogens is 216 g/mol. The molecule has 1 rings (SSSR count). The average Bonchev–Trinajstić information content (AvgIpc) is 2.28. The third-order valence-electron chi connectivity index (χ3n) is 1.75. The summed E-state index contributed by atoms with van der Waals surface area (Å²) in [6.45, 7) is 1.67. The maximum atomic E-state index is 11.1. The topological polar surface area (TPSA) is 113 Å². The fourth-order valence-corrected chi connectivity index (χ4v) is 0.982. The van der Waals surface area contributed by atoms with E-state index in [1.54, 1.807) is 6.92 Å². The SMILES string of the molecule is CCOC(=O)C(O)C(O)c1ncc(O)cn1. The van der Waals surface area contributed by atoms with E-state index in [2.05, 4.69) is 14.7 Å². The van der Waals surface area contributed by atoms with Crippen LogP contribution < -0.4 is 0 Å². The van der Waals surface area contributed by atoms with Gasteiger partial charge in [-0.3, -0.25) is 0 Å². The van der Waals surface area contributed by atoms with Crippen molar-refractivity contribution in [1.29, 1.82) is 0 Å². The van der Waals surface area contributed by atoms with Crippen molar-refractivity contribution in [3.63, 3.8) is 0 Å². The number of aromatic nitrogens is 2. The number of hydrogen-bond donors (Lipinski definition) is 3. The lowest BCUT2D eigenvalue weighted by Crippen LogP contribution is -2.30. The van der Waals surface area contributed by atoms with E-state index >= 15 is 0 Å². The first-order valence-corrected chi connectivity index (χ1v) is 4.60. The van der Waals surface area contributed by atoms with Gasteiger partial charge in [-0.1, -0.05) is 0 Å². The molecule has 88 valence electrons. The van der Waals surface area contributed by atoms with Crippen LogP contribution in [0, 0.1) is 0 Å². The van der Waals surface area contributed by atoms with E-state index < -0.39 is 18.2 Å². The van der Waals surface area contributed by atoms with Crippen molar-refractivity contribution < 1.29 is 24.9 Å². The molecule has 7 nitrogen and oxygen atoms in total. The van der Waals surface area contributed by atoms with Crippen LogP contribution in [-0.4, -0.2) is 44.0 Å². The zero-order chi connectivity index (χ0) is 12.1. The van der Waals surface area contributed by atoms with Gasteiger partial charge in [0.1, 0.15) is 0 Å². The molecule has 1 aromatic rings. The Morgan fingerprint density at radius 1 is 1.44 bits per heavy atom. The minimum absolute atomic E-state index is 0.0963. The van der Waals surface area contributed by atoms with Crippen molar-refractivity contribution in [2.24, 2.45) is 0 Å². The molecule has 0 spiro atoms. The molecule has 0 bridgehead atoms. The number of aromatic hydroxyl groups is 1. The smallest absolute Gasteiger partial charge is 0.338 e. The number of nitrogens with zero attached hydrogens (tertiary/aromatic N) is 2. The first-order valence-electron chi connectivity index (χ1n) is 4.60. The molecule has 2 unspecified atom stereocenters. The number of carbonyl (C=O) groups is 1. The average molecular weight is 228 g/mol. The number of rotatable bonds is 4. The lowest BCUT2D eigenvalue weighted by Gasteiger charge is -2.14. The van der Waals surface area contributed by atoms with Crippen LogP contribution in [-0.2, 0) is 9.53 Å². The highest BCUT2D eigenvalue weighted by molar-refractivity contribution is 5.75. The standard InChI is InChI=1S/C9H12N2O5/c1-2-16-9(15)7(14)6(13)8-10-3-5(12)4-11-8/h3-4,6-7,12-14H,2H2,1H3. The fourth-order valence-electron chi connectivity index (χ4n) is 0.982. The highest BCUT2D eigenvalue weighted by atomic mass is 16.5. The minimum atomic E-state index is -1.75. The van der Waals surface area contributed by atoms with Gasteiger partial charge in [0.2, 0.25) is 0 Å². The van der Waals surface area contributed by atoms with Crippen molar-refractivity contribution in [2.45, 2.75) is 19.1 Å². The van der Waals surface area contributed by atoms with Crippen LogP contribution in [0.3, 0.4) is 0 Å². The van der Waals surface area contributed by atoms with Crippen molar-refractivity contribution >= 4 is 5.97 Å². The Bertz CT molecular complexity index is 353. The molecule has 0 aliphatic rings. The maximum Gasteiger partial charge on any atom is 0.338 e. The lowest BCUT2D eigenvalue weighted by molar-refractivity contribution is -0.159. The largest absolute Gasteiger partial charge is 0.505 e. The van der Waals surface area contributed by atoms with Crippen LogP contribution in [0.15, 0.2) is 12.4 Å². The van der Waals surface area contributed by atoms with Crippen molar-refractivity contribution in [1.82, 2.24) is 9.97 Å². The first-order chi connectivity index (χ1) is 7.56. The summed E-state index contributed by atoms with van der Waals surface area (Å²) in [5.41, 5.74) is 0. The molecule has 0 amide bonds. The monoisotopic (exact) mass is 228 g/mol. The molecule has 3 N–H and O–H groups in total. The first kappa shape index (κ1) is 12.3. The molecule has 1 heterocycles. The highest BCUT2D eigenvalue weighted by Crippen LogP contribution is 2.14. The highest BCUT2D eigenvalue weighted by Gasteiger charge is 2.28. The number of aliphatic hydroxyl groups is 2. The van der Waals surface area contributed by atoms with Crippen LogP contribution in [0.4, 0.5) is 0 Å². The quantitative estimate of drug-likeness (QED) is 0.574. The second-order valence-electron chi connectivity index (χ2n) is 2.94. The van der Waals surface area contributed by atoms with E-state index in [-0.39, 0.29) is 18.2 Å². The van der Waals surface area contributed by atoms with E-state index in [0.29, 0.717) is 0 Å². The summed E-state index contributed by atoms with van der Waals surface area (Å²) in [5, 5.41) is 27.8. The second kappa shape index (κ2) is 5.38. The maximum absolute atomic E-state index is 11.1. The zero-order valence-corrected chi connectivity index (χ0v) is 8.57. The Labute approximate surface area is 91.4 Å². The van der Waals surface area contributed by atoms with E-state index in [0.717, 1.165) is 12.4 Å². The molecule has 0 aromatic carbocycles. The summed E-state index contributed by atoms with van der Waals surface area (Å²) >= 11 is 0. The molecule has 0 aliphatic carbocycles. The number of esters is 1. The summed E-state index contributed by atoms with van der Waals surface area (Å²) in [4.78, 5) is 18.2. The van der Waals surface area contributed by atoms with Crippen LogP contribution in [0.2, 0.25) is 0 Å². The molecule has 0 fully saturated rings. The van der Waals surface area contributed by atoms with Crippen molar-refractivity contribution in [3.8, 4) is 5.75 Å². The van der Waals surface area contributed by atoms with E-state index in [1.807, 2.05) is 0 Å². The van der Waals surface area contributed by atoms with Gasteiger partial charge in [-0.25, -0.2) is 14.8 Å². The molecule has 0 aliphatic heterocycles. The summed E-state index contributed by atoms with van der Waals surface area (Å²) in [7, 11) is 0. The Kier molecular flexibility index (Phi) is 4.15. The number of carbonyl (C=O) groups excluding carboxylic acids is 1. The molecular formula is C9H12N2O5. The van der Waals surface area contributed by atoms with E-state index in [1.165, 1.54) is 0 Å². The normalized spacial score (nSPS) is 14.2. The number of aliphatic hydroxyl groups excluding tert-OH is 2. The molecule has 16 heavy (non-hydrogen) atoms. The second-order valence-corrected chi connectivity index (χ2v) is 2.94. The van der Waals surface area contributed by atoms with Gasteiger partial charge in [0.25, 0.3) is 0 Å². The molecule has 0 saturated heterocycles. The number of ether oxygens (including phenoxy) is 1. The van der Waals surface area contributed by atoms with Gasteiger partial charge in [-0.05, 0) is 6.92 Å². The molecule has 2 atom stereocenters. The van der Waals surface area contributed by atoms with Gasteiger partial charge < -0.3 is 20.1 Å². The fraction of sp³-hybridized carbons (Fsp3) is 0.444. The van der Waals surface area contributed by atoms with Crippen molar-refractivity contribution in [2.75, 3.05) is 6.61 Å². The molecule has 0 radical (unpaired) electrons. The van der Waals surface area contributed by atoms with E-state index in [9.17, 15) is 15.0 Å². The Morgan fingerprint density at radius 3 is 2.50 bits per heavy atom. The summed E-state index contributed by atoms with van der Waals surface area (Å²) in [5.74, 6) is -1.30. The summed E-state index contributed by atoms with van der Waals surface area (Å²) in [6, 6.07) is 0. The van der Waals surface area contributed by atoms with Gasteiger partial charge >= 0.3 is 5.97 Å². The Hall–Kier alpha value is -1.73. The predicted octanol–water partition coefficient (Wildman–Crippen LogP) is -0.860. The van der Waals surface area contributed by atoms with Crippen LogP contribution in [0.5, 0.6) is 5.75 Å². The van der Waals surface area contributed by atoms with Gasteiger partial charge in [0, 0.05) is 0 Å². The third kappa shape index (κ3) is 2.88. The van der Waals surface area contributed by atoms with Crippen LogP contribution >= 0.6 is 0 Å². The summed E-state index contributed by atoms with van der Waals surface area (Å²) in [6.07, 6.45) is -1.24. The molecule has 7 heteroatoms. The Morgan fingerprint density at radius 2 is 2.00 bits per heavy atom.